The van der Waals surface area contributed by atoms with Crippen molar-refractivity contribution < 1.29 is 13.9 Å². The first-order valence-electron chi connectivity index (χ1n) is 9.62. The average molecular weight is 392 g/mol. The molecule has 3 aromatic carbocycles. The molecule has 150 valence electrons. The Morgan fingerprint density at radius 3 is 2.45 bits per heavy atom. The van der Waals surface area contributed by atoms with Gasteiger partial charge in [-0.25, -0.2) is 4.39 Å². The second-order valence-corrected chi connectivity index (χ2v) is 6.86. The van der Waals surface area contributed by atoms with E-state index >= 15 is 0 Å². The normalized spacial score (nSPS) is 10.6. The van der Waals surface area contributed by atoms with E-state index in [1.807, 2.05) is 55.5 Å². The number of nitrogens with one attached hydrogen (secondary N) is 2. The van der Waals surface area contributed by atoms with Gasteiger partial charge in [0, 0.05) is 17.8 Å². The summed E-state index contributed by atoms with van der Waals surface area (Å²) in [7, 11) is 0. The summed E-state index contributed by atoms with van der Waals surface area (Å²) in [5.41, 5.74) is 3.95. The van der Waals surface area contributed by atoms with E-state index in [4.69, 9.17) is 4.74 Å². The predicted octanol–water partition coefficient (Wildman–Crippen LogP) is 4.48. The van der Waals surface area contributed by atoms with E-state index in [1.165, 1.54) is 12.1 Å². The highest BCUT2D eigenvalue weighted by molar-refractivity contribution is 5.91. The number of para-hydroxylation sites is 1. The molecule has 0 aromatic heterocycles. The molecule has 0 unspecified atom stereocenters. The number of anilines is 1. The van der Waals surface area contributed by atoms with Crippen molar-refractivity contribution in [2.24, 2.45) is 0 Å². The molecule has 0 radical (unpaired) electrons. The molecule has 0 aliphatic heterocycles. The first-order chi connectivity index (χ1) is 14.1. The lowest BCUT2D eigenvalue weighted by molar-refractivity contribution is -0.118. The Labute approximate surface area is 170 Å². The van der Waals surface area contributed by atoms with Gasteiger partial charge in [0.2, 0.25) is 0 Å². The lowest BCUT2D eigenvalue weighted by atomic mass is 10.1. The van der Waals surface area contributed by atoms with Crippen molar-refractivity contribution in [3.8, 4) is 5.75 Å². The quantitative estimate of drug-likeness (QED) is 0.528. The van der Waals surface area contributed by atoms with Crippen molar-refractivity contribution >= 4 is 11.6 Å². The molecule has 0 saturated carbocycles. The van der Waals surface area contributed by atoms with Gasteiger partial charge in [-0.1, -0.05) is 48.0 Å². The largest absolute Gasteiger partial charge is 0.483 e. The molecule has 0 atom stereocenters. The van der Waals surface area contributed by atoms with Crippen LogP contribution in [0.1, 0.15) is 16.7 Å². The van der Waals surface area contributed by atoms with Crippen LogP contribution in [0.5, 0.6) is 5.75 Å². The zero-order chi connectivity index (χ0) is 20.5. The maximum absolute atomic E-state index is 13.0. The van der Waals surface area contributed by atoms with Crippen LogP contribution in [0.25, 0.3) is 0 Å². The van der Waals surface area contributed by atoms with E-state index in [2.05, 4.69) is 10.6 Å². The number of aryl methyl sites for hydroxylation is 1. The van der Waals surface area contributed by atoms with E-state index in [1.54, 1.807) is 12.1 Å². The standard InChI is InChI=1S/C24H25FN2O2/c1-18-6-12-22(13-7-18)27-24(28)17-29-23-5-3-2-4-20(23)16-26-15-14-19-8-10-21(25)11-9-19/h2-13,26H,14-17H2,1H3,(H,27,28). The Hall–Kier alpha value is -3.18. The second-order valence-electron chi connectivity index (χ2n) is 6.86. The van der Waals surface area contributed by atoms with Crippen LogP contribution in [-0.4, -0.2) is 19.1 Å². The van der Waals surface area contributed by atoms with Gasteiger partial charge >= 0.3 is 0 Å². The molecule has 0 fully saturated rings. The molecule has 29 heavy (non-hydrogen) atoms. The molecule has 3 rings (SSSR count). The minimum Gasteiger partial charge on any atom is -0.483 e. The van der Waals surface area contributed by atoms with Gasteiger partial charge in [-0.2, -0.15) is 0 Å². The fourth-order valence-electron chi connectivity index (χ4n) is 2.87. The molecule has 0 spiro atoms. The molecule has 0 aliphatic rings. The summed E-state index contributed by atoms with van der Waals surface area (Å²) in [5, 5.41) is 6.19. The summed E-state index contributed by atoms with van der Waals surface area (Å²) < 4.78 is 18.7. The maximum atomic E-state index is 13.0. The highest BCUT2D eigenvalue weighted by Gasteiger charge is 2.07. The monoisotopic (exact) mass is 392 g/mol. The van der Waals surface area contributed by atoms with Crippen LogP contribution in [0, 0.1) is 12.7 Å². The van der Waals surface area contributed by atoms with Crippen LogP contribution in [-0.2, 0) is 17.8 Å². The van der Waals surface area contributed by atoms with Crippen molar-refractivity contribution in [2.75, 3.05) is 18.5 Å². The molecule has 4 nitrogen and oxygen atoms in total. The number of hydrogen-bond acceptors (Lipinski definition) is 3. The van der Waals surface area contributed by atoms with Gasteiger partial charge in [0.25, 0.3) is 5.91 Å². The average Bonchev–Trinajstić information content (AvgIpc) is 2.73. The lowest BCUT2D eigenvalue weighted by Crippen LogP contribution is -2.21. The zero-order valence-electron chi connectivity index (χ0n) is 16.5. The van der Waals surface area contributed by atoms with E-state index in [-0.39, 0.29) is 18.3 Å². The van der Waals surface area contributed by atoms with Crippen LogP contribution in [0.2, 0.25) is 0 Å². The third-order valence-corrected chi connectivity index (χ3v) is 4.49. The summed E-state index contributed by atoms with van der Waals surface area (Å²) in [5.74, 6) is 0.257. The second kappa shape index (κ2) is 10.4. The van der Waals surface area contributed by atoms with E-state index < -0.39 is 0 Å². The van der Waals surface area contributed by atoms with Gasteiger partial charge in [-0.05, 0) is 55.8 Å². The molecule has 2 N–H and O–H groups in total. The number of carbonyl (C=O) groups is 1. The van der Waals surface area contributed by atoms with Gasteiger partial charge in [0.05, 0.1) is 0 Å². The van der Waals surface area contributed by atoms with Crippen LogP contribution in [0.4, 0.5) is 10.1 Å². The Balaban J connectivity index is 1.46. The Morgan fingerprint density at radius 1 is 0.966 bits per heavy atom. The van der Waals surface area contributed by atoms with Gasteiger partial charge < -0.3 is 15.4 Å². The van der Waals surface area contributed by atoms with Crippen molar-refractivity contribution in [1.82, 2.24) is 5.32 Å². The van der Waals surface area contributed by atoms with Crippen molar-refractivity contribution in [3.05, 3.63) is 95.3 Å². The minimum atomic E-state index is -0.223. The third-order valence-electron chi connectivity index (χ3n) is 4.49. The van der Waals surface area contributed by atoms with E-state index in [9.17, 15) is 9.18 Å². The smallest absolute Gasteiger partial charge is 0.262 e. The highest BCUT2D eigenvalue weighted by atomic mass is 19.1. The topological polar surface area (TPSA) is 50.4 Å². The molecule has 0 bridgehead atoms. The fraction of sp³-hybridized carbons (Fsp3) is 0.208. The Bertz CT molecular complexity index is 924. The summed E-state index contributed by atoms with van der Waals surface area (Å²) in [6.45, 7) is 3.32. The molecule has 5 heteroatoms. The number of benzene rings is 3. The first kappa shape index (κ1) is 20.6. The van der Waals surface area contributed by atoms with Gasteiger partial charge in [-0.15, -0.1) is 0 Å². The van der Waals surface area contributed by atoms with Crippen LogP contribution in [0.3, 0.4) is 0 Å². The number of hydrogen-bond donors (Lipinski definition) is 2. The van der Waals surface area contributed by atoms with E-state index in [0.29, 0.717) is 12.3 Å². The number of carbonyl (C=O) groups excluding carboxylic acids is 1. The summed E-state index contributed by atoms with van der Waals surface area (Å²) in [4.78, 5) is 12.1. The van der Waals surface area contributed by atoms with Crippen molar-refractivity contribution in [2.45, 2.75) is 19.9 Å². The Morgan fingerprint density at radius 2 is 1.69 bits per heavy atom. The predicted molar refractivity (Wildman–Crippen MR) is 114 cm³/mol. The number of halogens is 1. The lowest BCUT2D eigenvalue weighted by Gasteiger charge is -2.12. The number of ether oxygens (including phenoxy) is 1. The Kier molecular flexibility index (Phi) is 7.36. The zero-order valence-corrected chi connectivity index (χ0v) is 16.5. The van der Waals surface area contributed by atoms with Gasteiger partial charge in [0.15, 0.2) is 6.61 Å². The number of amides is 1. The van der Waals surface area contributed by atoms with Crippen LogP contribution >= 0.6 is 0 Å². The van der Waals surface area contributed by atoms with E-state index in [0.717, 1.165) is 35.3 Å². The summed E-state index contributed by atoms with van der Waals surface area (Å²) in [6.07, 6.45) is 0.808. The SMILES string of the molecule is Cc1ccc(NC(=O)COc2ccccc2CNCCc2ccc(F)cc2)cc1. The van der Waals surface area contributed by atoms with Crippen LogP contribution < -0.4 is 15.4 Å². The van der Waals surface area contributed by atoms with Gasteiger partial charge in [-0.3, -0.25) is 4.79 Å². The first-order valence-corrected chi connectivity index (χ1v) is 9.62. The van der Waals surface area contributed by atoms with Crippen molar-refractivity contribution in [1.29, 1.82) is 0 Å². The molecule has 1 amide bonds. The molecule has 0 saturated heterocycles. The number of rotatable bonds is 9. The fourth-order valence-corrected chi connectivity index (χ4v) is 2.87. The molecule has 0 heterocycles. The van der Waals surface area contributed by atoms with Crippen molar-refractivity contribution in [3.63, 3.8) is 0 Å². The van der Waals surface area contributed by atoms with Crippen LogP contribution in [0.15, 0.2) is 72.8 Å². The maximum Gasteiger partial charge on any atom is 0.262 e. The van der Waals surface area contributed by atoms with Gasteiger partial charge in [0.1, 0.15) is 11.6 Å². The minimum absolute atomic E-state index is 0.0551. The molecule has 0 aliphatic carbocycles. The molecule has 3 aromatic rings. The molecular weight excluding hydrogens is 367 g/mol. The summed E-state index contributed by atoms with van der Waals surface area (Å²) in [6, 6.07) is 21.8. The third kappa shape index (κ3) is 6.73. The highest BCUT2D eigenvalue weighted by Crippen LogP contribution is 2.18. The summed E-state index contributed by atoms with van der Waals surface area (Å²) >= 11 is 0. The molecular formula is C24H25FN2O2.